The summed E-state index contributed by atoms with van der Waals surface area (Å²) in [6.07, 6.45) is 8.82. The fraction of sp³-hybridized carbons (Fsp3) is 0.458. The fourth-order valence-electron chi connectivity index (χ4n) is 3.65. The molecule has 0 aromatic heterocycles. The Hall–Kier alpha value is -2.13. The number of amides is 1. The number of carbonyl (C=O) groups excluding carboxylic acids is 1. The first-order chi connectivity index (χ1) is 13.2. The molecule has 0 saturated carbocycles. The Morgan fingerprint density at radius 3 is 2.15 bits per heavy atom. The molecule has 0 aliphatic carbocycles. The highest BCUT2D eigenvalue weighted by molar-refractivity contribution is 6.04. The predicted molar refractivity (Wildman–Crippen MR) is 113 cm³/mol. The van der Waals surface area contributed by atoms with Gasteiger partial charge in [0.15, 0.2) is 0 Å². The van der Waals surface area contributed by atoms with E-state index in [0.717, 1.165) is 18.7 Å². The summed E-state index contributed by atoms with van der Waals surface area (Å²) >= 11 is 0. The number of anilines is 1. The number of nitrogens with zero attached hydrogens (tertiary/aromatic N) is 1. The minimum Gasteiger partial charge on any atom is -0.322 e. The number of nitrogens with one attached hydrogen (secondary N) is 1. The smallest absolute Gasteiger partial charge is 0.255 e. The molecule has 1 aliphatic heterocycles. The van der Waals surface area contributed by atoms with Crippen LogP contribution in [0.25, 0.3) is 0 Å². The molecule has 0 bridgehead atoms. The standard InChI is InChI=1S/C24H32N2O/c1-2-3-8-20-11-15-23(16-12-20)25-24(27)22-13-9-21(10-14-22)19-26-17-6-4-5-7-18-26/h9-16H,2-8,17-19H2,1H3,(H,25,27). The summed E-state index contributed by atoms with van der Waals surface area (Å²) in [5, 5.41) is 3.00. The molecule has 3 heteroatoms. The molecular weight excluding hydrogens is 332 g/mol. The first-order valence-corrected chi connectivity index (χ1v) is 10.5. The van der Waals surface area contributed by atoms with Crippen LogP contribution >= 0.6 is 0 Å². The van der Waals surface area contributed by atoms with Crippen LogP contribution in [0.1, 0.15) is 66.9 Å². The van der Waals surface area contributed by atoms with Crippen molar-refractivity contribution >= 4 is 11.6 Å². The number of benzene rings is 2. The van der Waals surface area contributed by atoms with Gasteiger partial charge in [0.2, 0.25) is 0 Å². The summed E-state index contributed by atoms with van der Waals surface area (Å²) in [7, 11) is 0. The van der Waals surface area contributed by atoms with E-state index in [1.807, 2.05) is 24.3 Å². The summed E-state index contributed by atoms with van der Waals surface area (Å²) in [6.45, 7) is 5.57. The normalized spacial score (nSPS) is 15.3. The van der Waals surface area contributed by atoms with E-state index in [1.54, 1.807) is 0 Å². The molecule has 2 aromatic carbocycles. The monoisotopic (exact) mass is 364 g/mol. The number of carbonyl (C=O) groups is 1. The highest BCUT2D eigenvalue weighted by atomic mass is 16.1. The molecule has 3 rings (SSSR count). The Balaban J connectivity index is 1.53. The molecular formula is C24H32N2O. The zero-order valence-electron chi connectivity index (χ0n) is 16.5. The van der Waals surface area contributed by atoms with Crippen molar-refractivity contribution in [2.75, 3.05) is 18.4 Å². The maximum Gasteiger partial charge on any atom is 0.255 e. The first-order valence-electron chi connectivity index (χ1n) is 10.5. The van der Waals surface area contributed by atoms with Crippen LogP contribution in [-0.4, -0.2) is 23.9 Å². The van der Waals surface area contributed by atoms with Gasteiger partial charge in [-0.1, -0.05) is 50.5 Å². The van der Waals surface area contributed by atoms with E-state index in [2.05, 4.69) is 41.4 Å². The van der Waals surface area contributed by atoms with Gasteiger partial charge in [-0.3, -0.25) is 9.69 Å². The molecule has 27 heavy (non-hydrogen) atoms. The van der Waals surface area contributed by atoms with Gasteiger partial charge in [-0.25, -0.2) is 0 Å². The van der Waals surface area contributed by atoms with E-state index in [1.165, 1.54) is 62.7 Å². The zero-order chi connectivity index (χ0) is 18.9. The summed E-state index contributed by atoms with van der Waals surface area (Å²) in [5.74, 6) is -0.0439. The number of likely N-dealkylation sites (tertiary alicyclic amines) is 1. The van der Waals surface area contributed by atoms with Crippen LogP contribution < -0.4 is 5.32 Å². The van der Waals surface area contributed by atoms with Crippen LogP contribution in [0.4, 0.5) is 5.69 Å². The van der Waals surface area contributed by atoms with E-state index in [9.17, 15) is 4.79 Å². The topological polar surface area (TPSA) is 32.3 Å². The molecule has 3 nitrogen and oxygen atoms in total. The van der Waals surface area contributed by atoms with E-state index in [-0.39, 0.29) is 5.91 Å². The maximum atomic E-state index is 12.5. The van der Waals surface area contributed by atoms with Crippen LogP contribution in [0, 0.1) is 0 Å². The SMILES string of the molecule is CCCCc1ccc(NC(=O)c2ccc(CN3CCCCCC3)cc2)cc1. The maximum absolute atomic E-state index is 12.5. The van der Waals surface area contributed by atoms with Crippen LogP contribution in [0.5, 0.6) is 0 Å². The van der Waals surface area contributed by atoms with Gasteiger partial charge in [0.1, 0.15) is 0 Å². The molecule has 1 fully saturated rings. The summed E-state index contributed by atoms with van der Waals surface area (Å²) in [4.78, 5) is 15.0. The van der Waals surface area contributed by atoms with Gasteiger partial charge in [-0.2, -0.15) is 0 Å². The van der Waals surface area contributed by atoms with Crippen LogP contribution in [-0.2, 0) is 13.0 Å². The van der Waals surface area contributed by atoms with E-state index in [4.69, 9.17) is 0 Å². The van der Waals surface area contributed by atoms with Crippen molar-refractivity contribution in [3.05, 3.63) is 65.2 Å². The molecule has 1 amide bonds. The molecule has 0 atom stereocenters. The lowest BCUT2D eigenvalue weighted by atomic mass is 10.1. The van der Waals surface area contributed by atoms with Crippen molar-refractivity contribution in [1.82, 2.24) is 4.90 Å². The van der Waals surface area contributed by atoms with Crippen molar-refractivity contribution in [2.45, 2.75) is 58.4 Å². The molecule has 1 N–H and O–H groups in total. The quantitative estimate of drug-likeness (QED) is 0.688. The molecule has 144 valence electrons. The average molecular weight is 365 g/mol. The number of rotatable bonds is 7. The molecule has 1 saturated heterocycles. The van der Waals surface area contributed by atoms with Gasteiger partial charge in [-0.15, -0.1) is 0 Å². The largest absolute Gasteiger partial charge is 0.322 e. The van der Waals surface area contributed by atoms with Gasteiger partial charge in [0.05, 0.1) is 0 Å². The van der Waals surface area contributed by atoms with Crippen molar-refractivity contribution < 1.29 is 4.79 Å². The highest BCUT2D eigenvalue weighted by Crippen LogP contribution is 2.16. The Morgan fingerprint density at radius 1 is 0.889 bits per heavy atom. The van der Waals surface area contributed by atoms with E-state index < -0.39 is 0 Å². The lowest BCUT2D eigenvalue weighted by molar-refractivity contribution is 0.102. The minimum atomic E-state index is -0.0439. The highest BCUT2D eigenvalue weighted by Gasteiger charge is 2.11. The number of hydrogen-bond donors (Lipinski definition) is 1. The van der Waals surface area contributed by atoms with Crippen LogP contribution in [0.3, 0.4) is 0 Å². The second kappa shape index (κ2) is 10.3. The van der Waals surface area contributed by atoms with Crippen molar-refractivity contribution in [3.63, 3.8) is 0 Å². The van der Waals surface area contributed by atoms with Crippen molar-refractivity contribution in [3.8, 4) is 0 Å². The Kier molecular flexibility index (Phi) is 7.46. The molecule has 1 aliphatic rings. The number of unbranched alkanes of at least 4 members (excludes halogenated alkanes) is 1. The summed E-state index contributed by atoms with van der Waals surface area (Å²) in [6, 6.07) is 16.3. The van der Waals surface area contributed by atoms with E-state index >= 15 is 0 Å². The molecule has 0 unspecified atom stereocenters. The van der Waals surface area contributed by atoms with E-state index in [0.29, 0.717) is 5.56 Å². The lowest BCUT2D eigenvalue weighted by Crippen LogP contribution is -2.24. The number of aryl methyl sites for hydroxylation is 1. The Bertz CT molecular complexity index is 698. The van der Waals surface area contributed by atoms with Crippen LogP contribution in [0.15, 0.2) is 48.5 Å². The zero-order valence-corrected chi connectivity index (χ0v) is 16.5. The van der Waals surface area contributed by atoms with Gasteiger partial charge in [0.25, 0.3) is 5.91 Å². The molecule has 2 aromatic rings. The lowest BCUT2D eigenvalue weighted by Gasteiger charge is -2.19. The third-order valence-corrected chi connectivity index (χ3v) is 5.35. The average Bonchev–Trinajstić information content (AvgIpc) is 2.96. The third-order valence-electron chi connectivity index (χ3n) is 5.35. The summed E-state index contributed by atoms with van der Waals surface area (Å²) in [5.41, 5.74) is 4.18. The Labute approximate surface area is 163 Å². The fourth-order valence-corrected chi connectivity index (χ4v) is 3.65. The molecule has 0 radical (unpaired) electrons. The summed E-state index contributed by atoms with van der Waals surface area (Å²) < 4.78 is 0. The van der Waals surface area contributed by atoms with Gasteiger partial charge in [-0.05, 0) is 74.2 Å². The van der Waals surface area contributed by atoms with Crippen molar-refractivity contribution in [2.24, 2.45) is 0 Å². The second-order valence-electron chi connectivity index (χ2n) is 7.64. The minimum absolute atomic E-state index is 0.0439. The van der Waals surface area contributed by atoms with Crippen LogP contribution in [0.2, 0.25) is 0 Å². The molecule has 1 heterocycles. The Morgan fingerprint density at radius 2 is 1.52 bits per heavy atom. The third kappa shape index (κ3) is 6.21. The predicted octanol–water partition coefficient (Wildman–Crippen LogP) is 5.66. The van der Waals surface area contributed by atoms with Gasteiger partial charge < -0.3 is 5.32 Å². The second-order valence-corrected chi connectivity index (χ2v) is 7.64. The van der Waals surface area contributed by atoms with Gasteiger partial charge in [0, 0.05) is 17.8 Å². The van der Waals surface area contributed by atoms with Crippen molar-refractivity contribution in [1.29, 1.82) is 0 Å². The molecule has 0 spiro atoms. The van der Waals surface area contributed by atoms with Gasteiger partial charge >= 0.3 is 0 Å². The number of hydrogen-bond acceptors (Lipinski definition) is 2. The first kappa shape index (κ1) is 19.6.